The number of allylic oxidation sites excluding steroid dienone is 1. The molecule has 0 radical (unpaired) electrons. The van der Waals surface area contributed by atoms with Gasteiger partial charge in [-0.15, -0.1) is 13.2 Å². The molecule has 1 aromatic carbocycles. The van der Waals surface area contributed by atoms with Gasteiger partial charge in [0.1, 0.15) is 18.2 Å². The Morgan fingerprint density at radius 1 is 1.15 bits per heavy atom. The van der Waals surface area contributed by atoms with Crippen LogP contribution in [-0.4, -0.2) is 127 Å². The third-order valence-electron chi connectivity index (χ3n) is 9.61. The molecule has 2 bridgehead atoms. The molecule has 1 aromatic rings. The Hall–Kier alpha value is -3.58. The molecule has 4 saturated heterocycles. The van der Waals surface area contributed by atoms with E-state index in [2.05, 4.69) is 23.4 Å². The Morgan fingerprint density at radius 2 is 1.91 bits per heavy atom. The molecule has 6 atom stereocenters. The number of ether oxygens (including phenoxy) is 3. The highest BCUT2D eigenvalue weighted by atomic mass is 16.5. The summed E-state index contributed by atoms with van der Waals surface area (Å²) in [5.41, 5.74) is -0.437. The second-order valence-electron chi connectivity index (χ2n) is 12.3. The van der Waals surface area contributed by atoms with Gasteiger partial charge in [0.15, 0.2) is 0 Å². The molecule has 4 fully saturated rings. The van der Waals surface area contributed by atoms with E-state index in [1.54, 1.807) is 17.1 Å². The van der Waals surface area contributed by atoms with Crippen LogP contribution in [0.1, 0.15) is 37.3 Å². The maximum atomic E-state index is 14.4. The Kier molecular flexibility index (Phi) is 11.3. The van der Waals surface area contributed by atoms with Gasteiger partial charge in [-0.1, -0.05) is 42.5 Å². The van der Waals surface area contributed by atoms with Crippen LogP contribution in [0.25, 0.3) is 0 Å². The highest BCUT2D eigenvalue weighted by Crippen LogP contribution is 2.58. The van der Waals surface area contributed by atoms with Crippen LogP contribution >= 0.6 is 0 Å². The molecule has 0 aromatic heterocycles. The molecule has 12 nitrogen and oxygen atoms in total. The van der Waals surface area contributed by atoms with E-state index in [1.165, 1.54) is 4.90 Å². The van der Waals surface area contributed by atoms with Crippen LogP contribution in [0.5, 0.6) is 0 Å². The maximum absolute atomic E-state index is 14.4. The van der Waals surface area contributed by atoms with Crippen molar-refractivity contribution in [1.82, 2.24) is 20.0 Å². The zero-order valence-corrected chi connectivity index (χ0v) is 26.4. The first-order chi connectivity index (χ1) is 22.3. The van der Waals surface area contributed by atoms with Gasteiger partial charge in [-0.2, -0.15) is 0 Å². The largest absolute Gasteiger partial charge is 0.463 e. The predicted octanol–water partition coefficient (Wildman–Crippen LogP) is 1.07. The van der Waals surface area contributed by atoms with Gasteiger partial charge in [0.2, 0.25) is 17.7 Å². The summed E-state index contributed by atoms with van der Waals surface area (Å²) >= 11 is 0. The van der Waals surface area contributed by atoms with E-state index >= 15 is 0 Å². The number of hydrogen-bond donors (Lipinski definition) is 2. The Balaban J connectivity index is 1.36. The number of fused-ring (bicyclic) bond motifs is 1. The summed E-state index contributed by atoms with van der Waals surface area (Å²) in [4.78, 5) is 60.2. The number of aliphatic hydroxyl groups excluding tert-OH is 1. The second kappa shape index (κ2) is 15.3. The molecule has 2 N–H and O–H groups in total. The summed E-state index contributed by atoms with van der Waals surface area (Å²) in [5.74, 6) is -3.16. The van der Waals surface area contributed by atoms with E-state index in [-0.39, 0.29) is 38.0 Å². The number of aliphatic hydroxyl groups is 1. The minimum atomic E-state index is -1.19. The zero-order valence-electron chi connectivity index (χ0n) is 26.4. The summed E-state index contributed by atoms with van der Waals surface area (Å²) in [6, 6.07) is 7.58. The van der Waals surface area contributed by atoms with Crippen LogP contribution in [-0.2, 0) is 33.4 Å². The Labute approximate surface area is 270 Å². The van der Waals surface area contributed by atoms with Crippen molar-refractivity contribution < 1.29 is 38.5 Å². The molecule has 4 heterocycles. The summed E-state index contributed by atoms with van der Waals surface area (Å²) < 4.78 is 17.5. The van der Waals surface area contributed by atoms with Gasteiger partial charge in [0.05, 0.1) is 43.8 Å². The molecule has 1 spiro atoms. The van der Waals surface area contributed by atoms with Crippen LogP contribution in [0.4, 0.5) is 0 Å². The van der Waals surface area contributed by atoms with Crippen molar-refractivity contribution in [2.75, 3.05) is 65.7 Å². The molecule has 4 aliphatic rings. The summed E-state index contributed by atoms with van der Waals surface area (Å²) in [5, 5.41) is 13.0. The minimum absolute atomic E-state index is 0.0471. The smallest absolute Gasteiger partial charge is 0.306 e. The fraction of sp³-hybridized carbons (Fsp3) is 0.588. The number of hydrogen-bond acceptors (Lipinski definition) is 9. The monoisotopic (exact) mass is 638 g/mol. The normalized spacial score (nSPS) is 27.6. The molecule has 250 valence electrons. The topological polar surface area (TPSA) is 138 Å². The van der Waals surface area contributed by atoms with E-state index in [0.717, 1.165) is 18.7 Å². The number of nitrogens with zero attached hydrogens (tertiary/aromatic N) is 3. The number of esters is 1. The first-order valence-corrected chi connectivity index (χ1v) is 16.3. The SMILES string of the molecule is C=CCCC(=O)OC[C@@H](NC(=O)[C@@H]1[C@@H]2CC[C@]3(O2)[C@H](C(=O)N(CC=C)CCN2CCOCC2)N(CCO)C(=O)[C@@H]13)c1ccccc1. The molecule has 0 saturated carbocycles. The van der Waals surface area contributed by atoms with Crippen LogP contribution in [0.3, 0.4) is 0 Å². The second-order valence-corrected chi connectivity index (χ2v) is 12.3. The molecule has 0 unspecified atom stereocenters. The molecule has 5 rings (SSSR count). The number of likely N-dealkylation sites (tertiary alicyclic amines) is 1. The van der Waals surface area contributed by atoms with Crippen LogP contribution in [0.15, 0.2) is 55.6 Å². The van der Waals surface area contributed by atoms with Crippen molar-refractivity contribution in [2.24, 2.45) is 11.8 Å². The van der Waals surface area contributed by atoms with Gasteiger partial charge in [0.25, 0.3) is 0 Å². The minimum Gasteiger partial charge on any atom is -0.463 e. The standard InChI is InChI=1S/C34H46N4O8/c1-3-5-11-27(40)45-23-25(24-9-7-6-8-10-24)35-31(41)28-26-12-13-34(46-26)29(28)32(42)38(17-20-39)30(34)33(43)37(14-4-2)16-15-36-18-21-44-22-19-36/h3-4,6-10,25-26,28-30,39H,1-2,5,11-23H2,(H,35,41)/t25-,26+,28-,29-,30+,34-/m1/s1. The molecule has 46 heavy (non-hydrogen) atoms. The lowest BCUT2D eigenvalue weighted by atomic mass is 9.70. The van der Waals surface area contributed by atoms with Crippen molar-refractivity contribution in [3.05, 3.63) is 61.2 Å². The predicted molar refractivity (Wildman–Crippen MR) is 168 cm³/mol. The number of β-amino-alcohol motifs (C(OH)–C–C–N with tert-alkyl or cyclic N) is 1. The van der Waals surface area contributed by atoms with Crippen molar-refractivity contribution in [3.8, 4) is 0 Å². The van der Waals surface area contributed by atoms with Gasteiger partial charge in [-0.25, -0.2) is 0 Å². The molecular formula is C34H46N4O8. The van der Waals surface area contributed by atoms with Crippen LogP contribution in [0, 0.1) is 11.8 Å². The Bertz CT molecular complexity index is 1270. The number of rotatable bonds is 16. The third kappa shape index (κ3) is 6.90. The highest BCUT2D eigenvalue weighted by Gasteiger charge is 2.74. The average Bonchev–Trinajstić information content (AvgIpc) is 3.72. The summed E-state index contributed by atoms with van der Waals surface area (Å²) in [6.07, 6.45) is 4.38. The highest BCUT2D eigenvalue weighted by molar-refractivity contribution is 5.99. The first-order valence-electron chi connectivity index (χ1n) is 16.3. The van der Waals surface area contributed by atoms with Crippen molar-refractivity contribution in [2.45, 2.75) is 49.5 Å². The van der Waals surface area contributed by atoms with E-state index < -0.39 is 47.5 Å². The van der Waals surface area contributed by atoms with E-state index in [1.807, 2.05) is 30.3 Å². The number of carbonyl (C=O) groups is 4. The lowest BCUT2D eigenvalue weighted by Crippen LogP contribution is -2.57. The van der Waals surface area contributed by atoms with E-state index in [9.17, 15) is 24.3 Å². The first kappa shape index (κ1) is 33.8. The van der Waals surface area contributed by atoms with Gasteiger partial charge in [0, 0.05) is 45.7 Å². The molecular weight excluding hydrogens is 592 g/mol. The van der Waals surface area contributed by atoms with Crippen LogP contribution < -0.4 is 5.32 Å². The average molecular weight is 639 g/mol. The van der Waals surface area contributed by atoms with E-state index in [4.69, 9.17) is 14.2 Å². The zero-order chi connectivity index (χ0) is 32.7. The van der Waals surface area contributed by atoms with Crippen molar-refractivity contribution in [1.29, 1.82) is 0 Å². The fourth-order valence-electron chi connectivity index (χ4n) is 7.43. The number of morpholine rings is 1. The lowest BCUT2D eigenvalue weighted by Gasteiger charge is -2.37. The molecule has 3 amide bonds. The molecule has 0 aliphatic carbocycles. The number of nitrogens with one attached hydrogen (secondary N) is 1. The molecule has 12 heteroatoms. The maximum Gasteiger partial charge on any atom is 0.306 e. The van der Waals surface area contributed by atoms with Gasteiger partial charge >= 0.3 is 5.97 Å². The van der Waals surface area contributed by atoms with Gasteiger partial charge < -0.3 is 34.4 Å². The number of carbonyl (C=O) groups excluding carboxylic acids is 4. The fourth-order valence-corrected chi connectivity index (χ4v) is 7.43. The van der Waals surface area contributed by atoms with Crippen molar-refractivity contribution >= 4 is 23.7 Å². The Morgan fingerprint density at radius 3 is 2.61 bits per heavy atom. The summed E-state index contributed by atoms with van der Waals surface area (Å²) in [7, 11) is 0. The van der Waals surface area contributed by atoms with Crippen LogP contribution in [0.2, 0.25) is 0 Å². The lowest BCUT2D eigenvalue weighted by molar-refractivity contribution is -0.148. The third-order valence-corrected chi connectivity index (χ3v) is 9.61. The van der Waals surface area contributed by atoms with E-state index in [0.29, 0.717) is 52.1 Å². The number of benzene rings is 1. The van der Waals surface area contributed by atoms with Crippen molar-refractivity contribution in [3.63, 3.8) is 0 Å². The quantitative estimate of drug-likeness (QED) is 0.201. The van der Waals surface area contributed by atoms with Gasteiger partial charge in [-0.05, 0) is 24.8 Å². The number of amides is 3. The molecule has 4 aliphatic heterocycles. The van der Waals surface area contributed by atoms with Gasteiger partial charge in [-0.3, -0.25) is 24.1 Å². The summed E-state index contributed by atoms with van der Waals surface area (Å²) in [6.45, 7) is 11.2.